The van der Waals surface area contributed by atoms with Crippen molar-refractivity contribution in [2.24, 2.45) is 0 Å². The van der Waals surface area contributed by atoms with Gasteiger partial charge < -0.3 is 4.90 Å². The minimum absolute atomic E-state index is 0.0206. The molecule has 0 saturated carbocycles. The van der Waals surface area contributed by atoms with E-state index in [2.05, 4.69) is 0 Å². The first-order valence-electron chi connectivity index (χ1n) is 7.77. The number of amides is 1. The van der Waals surface area contributed by atoms with Crippen molar-refractivity contribution in [3.8, 4) is 0 Å². The number of hydrogen-bond donors (Lipinski definition) is 0. The number of carbonyl (C=O) groups excluding carboxylic acids is 1. The lowest BCUT2D eigenvalue weighted by Gasteiger charge is -2.21. The van der Waals surface area contributed by atoms with Crippen LogP contribution in [0.1, 0.15) is 19.8 Å². The number of hydrogen-bond acceptors (Lipinski definition) is 4. The van der Waals surface area contributed by atoms with E-state index in [4.69, 9.17) is 0 Å². The third-order valence-electron chi connectivity index (χ3n) is 3.81. The predicted octanol–water partition coefficient (Wildman–Crippen LogP) is 2.93. The summed E-state index contributed by atoms with van der Waals surface area (Å²) in [5, 5.41) is 0. The van der Waals surface area contributed by atoms with Gasteiger partial charge in [0.25, 0.3) is 0 Å². The minimum Gasteiger partial charge on any atom is -0.341 e. The number of carbonyl (C=O) groups is 1. The summed E-state index contributed by atoms with van der Waals surface area (Å²) in [5.41, 5.74) is -4.42. The van der Waals surface area contributed by atoms with Gasteiger partial charge in [-0.15, -0.1) is 0 Å². The summed E-state index contributed by atoms with van der Waals surface area (Å²) in [5.74, 6) is -0.0206. The molecule has 25 heavy (non-hydrogen) atoms. The van der Waals surface area contributed by atoms with Gasteiger partial charge in [-0.1, -0.05) is 6.92 Å². The summed E-state index contributed by atoms with van der Waals surface area (Å²) in [4.78, 5) is 13.3. The molecule has 1 saturated heterocycles. The second kappa shape index (κ2) is 7.96. The lowest BCUT2D eigenvalue weighted by Crippen LogP contribution is -2.37. The fraction of sp³-hybridized carbons (Fsp3) is 0.533. The number of nitrogens with zero attached hydrogens (tertiary/aromatic N) is 2. The first-order valence-corrected chi connectivity index (χ1v) is 10.0. The van der Waals surface area contributed by atoms with Crippen LogP contribution in [0.3, 0.4) is 0 Å². The molecule has 1 aromatic rings. The molecule has 1 aromatic carbocycles. The van der Waals surface area contributed by atoms with Crippen molar-refractivity contribution < 1.29 is 26.4 Å². The van der Waals surface area contributed by atoms with E-state index in [1.54, 1.807) is 11.8 Å². The van der Waals surface area contributed by atoms with Crippen molar-refractivity contribution in [3.05, 3.63) is 24.3 Å². The molecule has 0 unspecified atom stereocenters. The number of alkyl halides is 3. The Bertz CT molecular complexity index is 706. The number of thioether (sulfide) groups is 1. The molecule has 1 aliphatic heterocycles. The standard InChI is InChI=1S/C15H19F3N2O3S2/c1-2-14(21)19-8-3-9-20(11-10-19)25(22,23)13-6-4-12(5-7-13)24-15(16,17)18/h4-7H,2-3,8-11H2,1H3. The van der Waals surface area contributed by atoms with Crippen molar-refractivity contribution in [3.63, 3.8) is 0 Å². The predicted molar refractivity (Wildman–Crippen MR) is 88.6 cm³/mol. The van der Waals surface area contributed by atoms with E-state index in [9.17, 15) is 26.4 Å². The Kier molecular flexibility index (Phi) is 6.39. The number of halogens is 3. The normalized spacial score (nSPS) is 17.4. The van der Waals surface area contributed by atoms with Crippen molar-refractivity contribution in [1.29, 1.82) is 0 Å². The lowest BCUT2D eigenvalue weighted by molar-refractivity contribution is -0.130. The summed E-state index contributed by atoms with van der Waals surface area (Å²) >= 11 is -0.288. The Morgan fingerprint density at radius 3 is 2.32 bits per heavy atom. The van der Waals surface area contributed by atoms with E-state index in [1.807, 2.05) is 0 Å². The summed E-state index contributed by atoms with van der Waals surface area (Å²) < 4.78 is 63.7. The zero-order valence-corrected chi connectivity index (χ0v) is 15.3. The highest BCUT2D eigenvalue weighted by atomic mass is 32.2. The second-order valence-electron chi connectivity index (χ2n) is 5.51. The maximum Gasteiger partial charge on any atom is 0.446 e. The summed E-state index contributed by atoms with van der Waals surface area (Å²) in [6.45, 7) is 3.01. The molecule has 140 valence electrons. The third-order valence-corrected chi connectivity index (χ3v) is 6.46. The van der Waals surface area contributed by atoms with Crippen LogP contribution in [0.4, 0.5) is 13.2 Å². The molecule has 0 N–H and O–H groups in total. The Morgan fingerprint density at radius 1 is 1.12 bits per heavy atom. The number of benzene rings is 1. The molecule has 5 nitrogen and oxygen atoms in total. The summed E-state index contributed by atoms with van der Waals surface area (Å²) in [6, 6.07) is 4.66. The maximum absolute atomic E-state index is 12.7. The first kappa shape index (κ1) is 20.1. The van der Waals surface area contributed by atoms with Crippen LogP contribution < -0.4 is 0 Å². The highest BCUT2D eigenvalue weighted by molar-refractivity contribution is 8.00. The SMILES string of the molecule is CCC(=O)N1CCCN(S(=O)(=O)c2ccc(SC(F)(F)F)cc2)CC1. The van der Waals surface area contributed by atoms with E-state index in [1.165, 1.54) is 16.4 Å². The first-order chi connectivity index (χ1) is 11.6. The minimum atomic E-state index is -4.42. The molecule has 1 heterocycles. The fourth-order valence-corrected chi connectivity index (χ4v) is 4.58. The van der Waals surface area contributed by atoms with Crippen LogP contribution in [-0.4, -0.2) is 55.2 Å². The van der Waals surface area contributed by atoms with Crippen LogP contribution >= 0.6 is 11.8 Å². The Balaban J connectivity index is 2.11. The van der Waals surface area contributed by atoms with E-state index in [0.29, 0.717) is 25.9 Å². The van der Waals surface area contributed by atoms with Gasteiger partial charge in [0.15, 0.2) is 0 Å². The molecule has 1 aliphatic rings. The van der Waals surface area contributed by atoms with Gasteiger partial charge in [-0.2, -0.15) is 17.5 Å². The van der Waals surface area contributed by atoms with Gasteiger partial charge in [-0.25, -0.2) is 8.42 Å². The summed E-state index contributed by atoms with van der Waals surface area (Å²) in [7, 11) is -3.80. The quantitative estimate of drug-likeness (QED) is 0.735. The molecule has 0 bridgehead atoms. The van der Waals surface area contributed by atoms with Gasteiger partial charge in [0, 0.05) is 37.5 Å². The summed E-state index contributed by atoms with van der Waals surface area (Å²) in [6.07, 6.45) is 0.887. The highest BCUT2D eigenvalue weighted by Gasteiger charge is 2.30. The largest absolute Gasteiger partial charge is 0.446 e. The van der Waals surface area contributed by atoms with Crippen molar-refractivity contribution in [2.75, 3.05) is 26.2 Å². The molecule has 10 heteroatoms. The highest BCUT2D eigenvalue weighted by Crippen LogP contribution is 2.37. The lowest BCUT2D eigenvalue weighted by atomic mass is 10.3. The van der Waals surface area contributed by atoms with E-state index >= 15 is 0 Å². The topological polar surface area (TPSA) is 57.7 Å². The van der Waals surface area contributed by atoms with Gasteiger partial charge in [0.2, 0.25) is 15.9 Å². The molecule has 2 rings (SSSR count). The average molecular weight is 396 g/mol. The number of sulfonamides is 1. The average Bonchev–Trinajstić information content (AvgIpc) is 2.79. The molecule has 0 aromatic heterocycles. The number of rotatable bonds is 4. The Morgan fingerprint density at radius 2 is 1.76 bits per heavy atom. The zero-order valence-electron chi connectivity index (χ0n) is 13.6. The van der Waals surface area contributed by atoms with Crippen LogP contribution in [0, 0.1) is 0 Å². The van der Waals surface area contributed by atoms with Crippen LogP contribution in [0.25, 0.3) is 0 Å². The Hall–Kier alpha value is -1.26. The zero-order chi connectivity index (χ0) is 18.7. The van der Waals surface area contributed by atoms with Crippen LogP contribution in [-0.2, 0) is 14.8 Å². The van der Waals surface area contributed by atoms with Gasteiger partial charge >= 0.3 is 5.51 Å². The van der Waals surface area contributed by atoms with Crippen molar-refractivity contribution in [1.82, 2.24) is 9.21 Å². The molecular formula is C15H19F3N2O3S2. The van der Waals surface area contributed by atoms with E-state index in [0.717, 1.165) is 12.1 Å². The van der Waals surface area contributed by atoms with Gasteiger partial charge in [-0.3, -0.25) is 4.79 Å². The molecule has 0 atom stereocenters. The third kappa shape index (κ3) is 5.35. The van der Waals surface area contributed by atoms with Crippen LogP contribution in [0.15, 0.2) is 34.1 Å². The van der Waals surface area contributed by atoms with Gasteiger partial charge in [0.05, 0.1) is 4.90 Å². The molecular weight excluding hydrogens is 377 g/mol. The fourth-order valence-electron chi connectivity index (χ4n) is 2.57. The monoisotopic (exact) mass is 396 g/mol. The molecule has 0 aliphatic carbocycles. The van der Waals surface area contributed by atoms with Crippen LogP contribution in [0.2, 0.25) is 0 Å². The molecule has 1 amide bonds. The van der Waals surface area contributed by atoms with Crippen molar-refractivity contribution >= 4 is 27.7 Å². The second-order valence-corrected chi connectivity index (χ2v) is 8.59. The maximum atomic E-state index is 12.7. The van der Waals surface area contributed by atoms with Crippen molar-refractivity contribution in [2.45, 2.75) is 35.1 Å². The van der Waals surface area contributed by atoms with E-state index < -0.39 is 15.5 Å². The molecule has 1 fully saturated rings. The Labute approximate surface area is 149 Å². The van der Waals surface area contributed by atoms with E-state index in [-0.39, 0.29) is 40.5 Å². The van der Waals surface area contributed by atoms with Gasteiger partial charge in [0.1, 0.15) is 0 Å². The molecule has 0 radical (unpaired) electrons. The van der Waals surface area contributed by atoms with Crippen LogP contribution in [0.5, 0.6) is 0 Å². The van der Waals surface area contributed by atoms with Gasteiger partial charge in [-0.05, 0) is 42.4 Å². The molecule has 0 spiro atoms. The smallest absolute Gasteiger partial charge is 0.341 e.